The topological polar surface area (TPSA) is 50.8 Å². The lowest BCUT2D eigenvalue weighted by Crippen LogP contribution is -2.42. The Labute approximate surface area is 156 Å². The molecule has 140 valence electrons. The van der Waals surface area contributed by atoms with Crippen molar-refractivity contribution in [1.29, 1.82) is 0 Å². The molecular weight excluding hydrogens is 340 g/mol. The van der Waals surface area contributed by atoms with Crippen molar-refractivity contribution in [2.75, 3.05) is 40.4 Å². The molecule has 0 spiro atoms. The van der Waals surface area contributed by atoms with E-state index >= 15 is 0 Å². The van der Waals surface area contributed by atoms with Crippen LogP contribution in [-0.4, -0.2) is 51.2 Å². The van der Waals surface area contributed by atoms with Crippen LogP contribution in [0.15, 0.2) is 30.9 Å². The third kappa shape index (κ3) is 6.25. The number of amides is 1. The Morgan fingerprint density at radius 1 is 1.36 bits per heavy atom. The summed E-state index contributed by atoms with van der Waals surface area (Å²) in [6.45, 7) is 6.42. The van der Waals surface area contributed by atoms with Crippen LogP contribution in [0.2, 0.25) is 0 Å². The number of nitrogens with one attached hydrogen (secondary N) is 1. The maximum absolute atomic E-state index is 12.3. The van der Waals surface area contributed by atoms with Crippen LogP contribution in [0.1, 0.15) is 18.4 Å². The number of halogens is 1. The van der Waals surface area contributed by atoms with Gasteiger partial charge in [0.15, 0.2) is 18.1 Å². The number of carbonyl (C=O) groups excluding carboxylic acids is 1. The van der Waals surface area contributed by atoms with Crippen molar-refractivity contribution in [2.45, 2.75) is 19.3 Å². The van der Waals surface area contributed by atoms with Crippen LogP contribution in [-0.2, 0) is 11.2 Å². The highest BCUT2D eigenvalue weighted by atomic mass is 35.5. The highest BCUT2D eigenvalue weighted by molar-refractivity contribution is 5.85. The van der Waals surface area contributed by atoms with Gasteiger partial charge >= 0.3 is 0 Å². The van der Waals surface area contributed by atoms with E-state index in [0.29, 0.717) is 17.4 Å². The minimum Gasteiger partial charge on any atom is -0.493 e. The van der Waals surface area contributed by atoms with Crippen LogP contribution in [0.25, 0.3) is 0 Å². The van der Waals surface area contributed by atoms with E-state index in [1.807, 2.05) is 36.2 Å². The number of benzene rings is 1. The molecule has 0 atom stereocenters. The molecule has 0 aromatic heterocycles. The largest absolute Gasteiger partial charge is 0.493 e. The first kappa shape index (κ1) is 21.3. The zero-order chi connectivity index (χ0) is 17.4. The maximum Gasteiger partial charge on any atom is 0.260 e. The standard InChI is InChI=1S/C19H28N2O3.ClH/c1-4-5-15-6-7-17(18(12-15)23-3)24-14-19(22)21-10-8-16(9-11-21)13-20-2;/h4,6-7,12,16,20H,1,5,8-11,13-14H2,2-3H3;1H. The number of piperidine rings is 1. The van der Waals surface area contributed by atoms with Gasteiger partial charge < -0.3 is 19.7 Å². The second-order valence-corrected chi connectivity index (χ2v) is 6.15. The average Bonchev–Trinajstić information content (AvgIpc) is 2.61. The molecule has 0 radical (unpaired) electrons. The van der Waals surface area contributed by atoms with Crippen LogP contribution in [0.3, 0.4) is 0 Å². The molecule has 1 aromatic carbocycles. The lowest BCUT2D eigenvalue weighted by atomic mass is 9.97. The SMILES string of the molecule is C=CCc1ccc(OCC(=O)N2CCC(CNC)CC2)c(OC)c1.Cl. The van der Waals surface area contributed by atoms with Crippen molar-refractivity contribution in [3.05, 3.63) is 36.4 Å². The van der Waals surface area contributed by atoms with Gasteiger partial charge in [-0.3, -0.25) is 4.79 Å². The number of nitrogens with zero attached hydrogens (tertiary/aromatic N) is 1. The molecule has 2 rings (SSSR count). The Hall–Kier alpha value is -1.72. The van der Waals surface area contributed by atoms with E-state index in [0.717, 1.165) is 44.5 Å². The predicted molar refractivity (Wildman–Crippen MR) is 103 cm³/mol. The van der Waals surface area contributed by atoms with Crippen LogP contribution in [0, 0.1) is 5.92 Å². The van der Waals surface area contributed by atoms with E-state index < -0.39 is 0 Å². The molecule has 0 saturated carbocycles. The number of allylic oxidation sites excluding steroid dienone is 1. The summed E-state index contributed by atoms with van der Waals surface area (Å²) in [4.78, 5) is 14.2. The van der Waals surface area contributed by atoms with Gasteiger partial charge in [-0.2, -0.15) is 0 Å². The fraction of sp³-hybridized carbons (Fsp3) is 0.526. The van der Waals surface area contributed by atoms with E-state index in [1.54, 1.807) is 7.11 Å². The van der Waals surface area contributed by atoms with Gasteiger partial charge in [0, 0.05) is 13.1 Å². The number of rotatable bonds is 8. The van der Waals surface area contributed by atoms with Gasteiger partial charge in [0.25, 0.3) is 5.91 Å². The van der Waals surface area contributed by atoms with Crippen LogP contribution >= 0.6 is 12.4 Å². The first-order valence-corrected chi connectivity index (χ1v) is 8.51. The number of carbonyl (C=O) groups is 1. The summed E-state index contributed by atoms with van der Waals surface area (Å²) in [6, 6.07) is 5.74. The van der Waals surface area contributed by atoms with Gasteiger partial charge in [-0.1, -0.05) is 12.1 Å². The Morgan fingerprint density at radius 2 is 2.08 bits per heavy atom. The summed E-state index contributed by atoms with van der Waals surface area (Å²) in [6.07, 6.45) is 4.71. The van der Waals surface area contributed by atoms with Crippen molar-refractivity contribution in [2.24, 2.45) is 5.92 Å². The number of hydrogen-bond acceptors (Lipinski definition) is 4. The molecule has 0 aliphatic carbocycles. The minimum absolute atomic E-state index is 0. The second-order valence-electron chi connectivity index (χ2n) is 6.15. The van der Waals surface area contributed by atoms with Crippen molar-refractivity contribution in [3.63, 3.8) is 0 Å². The summed E-state index contributed by atoms with van der Waals surface area (Å²) in [5.41, 5.74) is 1.10. The second kappa shape index (κ2) is 11.0. The minimum atomic E-state index is 0. The molecule has 25 heavy (non-hydrogen) atoms. The van der Waals surface area contributed by atoms with E-state index in [2.05, 4.69) is 11.9 Å². The molecule has 1 heterocycles. The first-order chi connectivity index (χ1) is 11.7. The number of ether oxygens (including phenoxy) is 2. The number of hydrogen-bond donors (Lipinski definition) is 1. The molecule has 1 aromatic rings. The summed E-state index contributed by atoms with van der Waals surface area (Å²) < 4.78 is 11.1. The quantitative estimate of drug-likeness (QED) is 0.717. The molecule has 1 saturated heterocycles. The average molecular weight is 369 g/mol. The molecule has 0 bridgehead atoms. The van der Waals surface area contributed by atoms with E-state index in [4.69, 9.17) is 9.47 Å². The monoisotopic (exact) mass is 368 g/mol. The van der Waals surface area contributed by atoms with Crippen LogP contribution in [0.5, 0.6) is 11.5 Å². The van der Waals surface area contributed by atoms with Gasteiger partial charge in [0.1, 0.15) is 0 Å². The lowest BCUT2D eigenvalue weighted by molar-refractivity contribution is -0.134. The molecule has 5 nitrogen and oxygen atoms in total. The van der Waals surface area contributed by atoms with Gasteiger partial charge in [-0.15, -0.1) is 19.0 Å². The molecule has 0 unspecified atom stereocenters. The molecule has 1 N–H and O–H groups in total. The molecule has 1 fully saturated rings. The summed E-state index contributed by atoms with van der Waals surface area (Å²) in [5.74, 6) is 1.95. The summed E-state index contributed by atoms with van der Waals surface area (Å²) in [5, 5.41) is 3.21. The smallest absolute Gasteiger partial charge is 0.260 e. The molecular formula is C19H29ClN2O3. The highest BCUT2D eigenvalue weighted by Gasteiger charge is 2.22. The van der Waals surface area contributed by atoms with Crippen LogP contribution < -0.4 is 14.8 Å². The first-order valence-electron chi connectivity index (χ1n) is 8.51. The Kier molecular flexibility index (Phi) is 9.39. The number of likely N-dealkylation sites (tertiary alicyclic amines) is 1. The van der Waals surface area contributed by atoms with E-state index in [9.17, 15) is 4.79 Å². The zero-order valence-electron chi connectivity index (χ0n) is 15.1. The normalized spacial score (nSPS) is 14.6. The molecule has 1 amide bonds. The predicted octanol–water partition coefficient (Wildman–Crippen LogP) is 2.68. The fourth-order valence-corrected chi connectivity index (χ4v) is 3.03. The van der Waals surface area contributed by atoms with Crippen LogP contribution in [0.4, 0.5) is 0 Å². The van der Waals surface area contributed by atoms with Gasteiger partial charge in [-0.05, 0) is 56.5 Å². The zero-order valence-corrected chi connectivity index (χ0v) is 15.9. The number of methoxy groups -OCH3 is 1. The van der Waals surface area contributed by atoms with Crippen molar-refractivity contribution in [1.82, 2.24) is 10.2 Å². The Bertz CT molecular complexity index is 558. The van der Waals surface area contributed by atoms with Gasteiger partial charge in [0.05, 0.1) is 7.11 Å². The van der Waals surface area contributed by atoms with E-state index in [-0.39, 0.29) is 24.9 Å². The maximum atomic E-state index is 12.3. The molecule has 1 aliphatic rings. The molecule has 1 aliphatic heterocycles. The van der Waals surface area contributed by atoms with Crippen molar-refractivity contribution >= 4 is 18.3 Å². The van der Waals surface area contributed by atoms with E-state index in [1.165, 1.54) is 0 Å². The summed E-state index contributed by atoms with van der Waals surface area (Å²) in [7, 11) is 3.58. The van der Waals surface area contributed by atoms with Gasteiger partial charge in [-0.25, -0.2) is 0 Å². The van der Waals surface area contributed by atoms with Gasteiger partial charge in [0.2, 0.25) is 0 Å². The highest BCUT2D eigenvalue weighted by Crippen LogP contribution is 2.28. The molecule has 6 heteroatoms. The Morgan fingerprint density at radius 3 is 2.68 bits per heavy atom. The third-order valence-electron chi connectivity index (χ3n) is 4.42. The van der Waals surface area contributed by atoms with Crippen molar-refractivity contribution < 1.29 is 14.3 Å². The Balaban J connectivity index is 0.00000312. The third-order valence-corrected chi connectivity index (χ3v) is 4.42. The lowest BCUT2D eigenvalue weighted by Gasteiger charge is -2.31. The fourth-order valence-electron chi connectivity index (χ4n) is 3.03. The van der Waals surface area contributed by atoms with Crippen molar-refractivity contribution in [3.8, 4) is 11.5 Å². The summed E-state index contributed by atoms with van der Waals surface area (Å²) >= 11 is 0.